The minimum Gasteiger partial charge on any atom is -0.350 e. The van der Waals surface area contributed by atoms with E-state index in [4.69, 9.17) is 0 Å². The SMILES string of the molecule is CC(C)c1ccccc1NC(=O)c1cnc(NC(C)(C)C)nc1. The number of nitrogens with zero attached hydrogens (tertiary/aromatic N) is 2. The molecule has 0 aliphatic heterocycles. The lowest BCUT2D eigenvalue weighted by molar-refractivity contribution is 0.102. The lowest BCUT2D eigenvalue weighted by Gasteiger charge is -2.20. The van der Waals surface area contributed by atoms with Crippen LogP contribution in [0.2, 0.25) is 0 Å². The Morgan fingerprint density at radius 3 is 2.26 bits per heavy atom. The summed E-state index contributed by atoms with van der Waals surface area (Å²) in [6.45, 7) is 10.3. The Hall–Kier alpha value is -2.43. The molecular formula is C18H24N4O. The summed E-state index contributed by atoms with van der Waals surface area (Å²) in [7, 11) is 0. The molecule has 0 aliphatic rings. The van der Waals surface area contributed by atoms with Crippen molar-refractivity contribution in [2.24, 2.45) is 0 Å². The summed E-state index contributed by atoms with van der Waals surface area (Å²) in [4.78, 5) is 20.8. The first kappa shape index (κ1) is 16.9. The summed E-state index contributed by atoms with van der Waals surface area (Å²) in [5.74, 6) is 0.637. The van der Waals surface area contributed by atoms with E-state index in [1.807, 2.05) is 45.0 Å². The molecule has 1 amide bonds. The fourth-order valence-electron chi connectivity index (χ4n) is 2.15. The highest BCUT2D eigenvalue weighted by Crippen LogP contribution is 2.24. The van der Waals surface area contributed by atoms with Gasteiger partial charge in [0.2, 0.25) is 5.95 Å². The normalized spacial score (nSPS) is 11.4. The van der Waals surface area contributed by atoms with Crippen LogP contribution in [-0.4, -0.2) is 21.4 Å². The first-order valence-electron chi connectivity index (χ1n) is 7.77. The predicted molar refractivity (Wildman–Crippen MR) is 93.9 cm³/mol. The highest BCUT2D eigenvalue weighted by molar-refractivity contribution is 6.04. The molecule has 2 rings (SSSR count). The van der Waals surface area contributed by atoms with Crippen molar-refractivity contribution in [3.05, 3.63) is 47.8 Å². The summed E-state index contributed by atoms with van der Waals surface area (Å²) < 4.78 is 0. The third-order valence-corrected chi connectivity index (χ3v) is 3.23. The van der Waals surface area contributed by atoms with Crippen LogP contribution in [0.5, 0.6) is 0 Å². The van der Waals surface area contributed by atoms with Crippen LogP contribution in [0.4, 0.5) is 11.6 Å². The number of carbonyl (C=O) groups is 1. The van der Waals surface area contributed by atoms with Crippen LogP contribution in [-0.2, 0) is 0 Å². The molecule has 5 nitrogen and oxygen atoms in total. The second-order valence-electron chi connectivity index (χ2n) is 6.87. The number of benzene rings is 1. The summed E-state index contributed by atoms with van der Waals surface area (Å²) in [5.41, 5.74) is 2.24. The largest absolute Gasteiger partial charge is 0.350 e. The van der Waals surface area contributed by atoms with Gasteiger partial charge in [-0.2, -0.15) is 0 Å². The molecule has 0 saturated carbocycles. The highest BCUT2D eigenvalue weighted by atomic mass is 16.1. The second-order valence-corrected chi connectivity index (χ2v) is 6.87. The van der Waals surface area contributed by atoms with Gasteiger partial charge in [-0.1, -0.05) is 32.0 Å². The van der Waals surface area contributed by atoms with Crippen LogP contribution < -0.4 is 10.6 Å². The number of anilines is 2. The third kappa shape index (κ3) is 4.77. The Balaban J connectivity index is 2.13. The lowest BCUT2D eigenvalue weighted by Crippen LogP contribution is -2.27. The third-order valence-electron chi connectivity index (χ3n) is 3.23. The van der Waals surface area contributed by atoms with E-state index in [0.29, 0.717) is 17.4 Å². The number of hydrogen-bond acceptors (Lipinski definition) is 4. The molecule has 1 heterocycles. The summed E-state index contributed by atoms with van der Waals surface area (Å²) in [6.07, 6.45) is 3.07. The van der Waals surface area contributed by atoms with Crippen molar-refractivity contribution in [1.82, 2.24) is 9.97 Å². The summed E-state index contributed by atoms with van der Waals surface area (Å²) in [5, 5.41) is 6.10. The van der Waals surface area contributed by atoms with Gasteiger partial charge in [0.15, 0.2) is 0 Å². The highest BCUT2D eigenvalue weighted by Gasteiger charge is 2.14. The fraction of sp³-hybridized carbons (Fsp3) is 0.389. The van der Waals surface area contributed by atoms with Crippen molar-refractivity contribution in [1.29, 1.82) is 0 Å². The quantitative estimate of drug-likeness (QED) is 0.893. The van der Waals surface area contributed by atoms with Crippen molar-refractivity contribution < 1.29 is 4.79 Å². The maximum Gasteiger partial charge on any atom is 0.258 e. The van der Waals surface area contributed by atoms with Gasteiger partial charge in [-0.15, -0.1) is 0 Å². The molecule has 2 N–H and O–H groups in total. The first-order valence-corrected chi connectivity index (χ1v) is 7.77. The van der Waals surface area contributed by atoms with E-state index in [1.165, 1.54) is 12.4 Å². The Kier molecular flexibility index (Phi) is 4.98. The van der Waals surface area contributed by atoms with E-state index in [1.54, 1.807) is 0 Å². The van der Waals surface area contributed by atoms with Crippen molar-refractivity contribution >= 4 is 17.5 Å². The van der Waals surface area contributed by atoms with Crippen molar-refractivity contribution in [3.63, 3.8) is 0 Å². The molecular weight excluding hydrogens is 288 g/mol. The first-order chi connectivity index (χ1) is 10.8. The molecule has 23 heavy (non-hydrogen) atoms. The van der Waals surface area contributed by atoms with Gasteiger partial charge >= 0.3 is 0 Å². The minimum atomic E-state index is -0.208. The Bertz CT molecular complexity index is 672. The number of rotatable bonds is 4. The molecule has 0 radical (unpaired) electrons. The van der Waals surface area contributed by atoms with Crippen LogP contribution in [0.3, 0.4) is 0 Å². The molecule has 0 saturated heterocycles. The van der Waals surface area contributed by atoms with Crippen molar-refractivity contribution in [2.45, 2.75) is 46.1 Å². The zero-order chi connectivity index (χ0) is 17.0. The molecule has 5 heteroatoms. The van der Waals surface area contributed by atoms with Crippen LogP contribution in [0, 0.1) is 0 Å². The smallest absolute Gasteiger partial charge is 0.258 e. The number of nitrogens with one attached hydrogen (secondary N) is 2. The van der Waals surface area contributed by atoms with Gasteiger partial charge in [0.05, 0.1) is 5.56 Å². The van der Waals surface area contributed by atoms with E-state index in [9.17, 15) is 4.79 Å². The Labute approximate surface area is 137 Å². The standard InChI is InChI=1S/C18H24N4O/c1-12(2)14-8-6-7-9-15(14)21-16(23)13-10-19-17(20-11-13)22-18(3,4)5/h6-12H,1-5H3,(H,21,23)(H,19,20,22). The maximum atomic E-state index is 12.4. The van der Waals surface area contributed by atoms with Gasteiger partial charge in [0, 0.05) is 23.6 Å². The summed E-state index contributed by atoms with van der Waals surface area (Å²) in [6, 6.07) is 7.81. The zero-order valence-electron chi connectivity index (χ0n) is 14.3. The summed E-state index contributed by atoms with van der Waals surface area (Å²) >= 11 is 0. The van der Waals surface area contributed by atoms with Crippen LogP contribution in [0.15, 0.2) is 36.7 Å². The number of amides is 1. The molecule has 0 aliphatic carbocycles. The average molecular weight is 312 g/mol. The van der Waals surface area contributed by atoms with Gasteiger partial charge in [0.25, 0.3) is 5.91 Å². The topological polar surface area (TPSA) is 66.9 Å². The van der Waals surface area contributed by atoms with Crippen LogP contribution >= 0.6 is 0 Å². The minimum absolute atomic E-state index is 0.125. The number of para-hydroxylation sites is 1. The molecule has 2 aromatic rings. The van der Waals surface area contributed by atoms with E-state index in [-0.39, 0.29) is 11.4 Å². The van der Waals surface area contributed by atoms with Crippen LogP contribution in [0.1, 0.15) is 56.5 Å². The maximum absolute atomic E-state index is 12.4. The number of aromatic nitrogens is 2. The van der Waals surface area contributed by atoms with Gasteiger partial charge in [-0.05, 0) is 38.3 Å². The molecule has 0 unspecified atom stereocenters. The van der Waals surface area contributed by atoms with Gasteiger partial charge < -0.3 is 10.6 Å². The second kappa shape index (κ2) is 6.77. The molecule has 1 aromatic carbocycles. The van der Waals surface area contributed by atoms with Gasteiger partial charge in [0.1, 0.15) is 0 Å². The molecule has 0 fully saturated rings. The molecule has 1 aromatic heterocycles. The number of hydrogen-bond donors (Lipinski definition) is 2. The van der Waals surface area contributed by atoms with Gasteiger partial charge in [-0.25, -0.2) is 9.97 Å². The molecule has 0 spiro atoms. The van der Waals surface area contributed by atoms with Crippen molar-refractivity contribution in [2.75, 3.05) is 10.6 Å². The van der Waals surface area contributed by atoms with E-state index >= 15 is 0 Å². The van der Waals surface area contributed by atoms with E-state index in [2.05, 4.69) is 34.4 Å². The Morgan fingerprint density at radius 2 is 1.70 bits per heavy atom. The zero-order valence-corrected chi connectivity index (χ0v) is 14.3. The van der Waals surface area contributed by atoms with Crippen LogP contribution in [0.25, 0.3) is 0 Å². The average Bonchev–Trinajstić information content (AvgIpc) is 2.46. The fourth-order valence-corrected chi connectivity index (χ4v) is 2.15. The van der Waals surface area contributed by atoms with Crippen molar-refractivity contribution in [3.8, 4) is 0 Å². The van der Waals surface area contributed by atoms with Gasteiger partial charge in [-0.3, -0.25) is 4.79 Å². The van der Waals surface area contributed by atoms with E-state index in [0.717, 1.165) is 11.3 Å². The van der Waals surface area contributed by atoms with E-state index < -0.39 is 0 Å². The lowest BCUT2D eigenvalue weighted by atomic mass is 10.0. The number of carbonyl (C=O) groups excluding carboxylic acids is 1. The molecule has 0 atom stereocenters. The monoisotopic (exact) mass is 312 g/mol. The molecule has 0 bridgehead atoms. The predicted octanol–water partition coefficient (Wildman–Crippen LogP) is 4.06. The molecule has 122 valence electrons. The Morgan fingerprint density at radius 1 is 1.09 bits per heavy atom.